The van der Waals surface area contributed by atoms with E-state index in [1.807, 2.05) is 6.92 Å². The Balaban J connectivity index is 2.40. The van der Waals surface area contributed by atoms with Crippen molar-refractivity contribution in [3.8, 4) is 0 Å². The van der Waals surface area contributed by atoms with Gasteiger partial charge in [-0.25, -0.2) is 0 Å². The van der Waals surface area contributed by atoms with Crippen molar-refractivity contribution in [2.24, 2.45) is 5.73 Å². The fraction of sp³-hybridized carbons (Fsp3) is 0.889. The Morgan fingerprint density at radius 3 is 3.15 bits per heavy atom. The summed E-state index contributed by atoms with van der Waals surface area (Å²) >= 11 is 0. The van der Waals surface area contributed by atoms with E-state index in [1.54, 1.807) is 0 Å². The van der Waals surface area contributed by atoms with Crippen molar-refractivity contribution in [1.29, 1.82) is 0 Å². The van der Waals surface area contributed by atoms with E-state index in [2.05, 4.69) is 10.6 Å². The summed E-state index contributed by atoms with van der Waals surface area (Å²) in [5.74, 6) is 0.123. The Hall–Kier alpha value is -0.610. The number of hydrogen-bond acceptors (Lipinski definition) is 3. The van der Waals surface area contributed by atoms with E-state index in [1.165, 1.54) is 0 Å². The van der Waals surface area contributed by atoms with E-state index in [9.17, 15) is 4.79 Å². The highest BCUT2D eigenvalue weighted by atomic mass is 16.2. The Kier molecular flexibility index (Phi) is 4.18. The van der Waals surface area contributed by atoms with E-state index >= 15 is 0 Å². The Bertz CT molecular complexity index is 172. The van der Waals surface area contributed by atoms with Crippen LogP contribution in [0.1, 0.15) is 26.2 Å². The van der Waals surface area contributed by atoms with Crippen molar-refractivity contribution >= 4 is 5.91 Å². The van der Waals surface area contributed by atoms with Crippen molar-refractivity contribution in [3.63, 3.8) is 0 Å². The molecule has 0 saturated carbocycles. The smallest absolute Gasteiger partial charge is 0.237 e. The van der Waals surface area contributed by atoms with Gasteiger partial charge in [-0.05, 0) is 26.2 Å². The van der Waals surface area contributed by atoms with Gasteiger partial charge in [0.2, 0.25) is 5.91 Å². The highest BCUT2D eigenvalue weighted by Gasteiger charge is 2.21. The number of amides is 1. The van der Waals surface area contributed by atoms with Crippen molar-refractivity contribution in [3.05, 3.63) is 0 Å². The largest absolute Gasteiger partial charge is 0.355 e. The molecule has 1 aliphatic rings. The summed E-state index contributed by atoms with van der Waals surface area (Å²) in [6, 6.07) is 0.176. The van der Waals surface area contributed by atoms with Crippen LogP contribution in [0.4, 0.5) is 0 Å². The van der Waals surface area contributed by atoms with E-state index < -0.39 is 0 Å². The molecule has 2 unspecified atom stereocenters. The molecular formula is C9H19N3O. The summed E-state index contributed by atoms with van der Waals surface area (Å²) in [6.45, 7) is 3.38. The quantitative estimate of drug-likeness (QED) is 0.560. The lowest BCUT2D eigenvalue weighted by Crippen LogP contribution is -2.48. The standard InChI is InChI=1S/C9H19N3O/c1-7(6-10)12-8-4-2-3-5-11-9(8)13/h7-8,12H,2-6,10H2,1H3,(H,11,13). The van der Waals surface area contributed by atoms with Gasteiger partial charge in [-0.3, -0.25) is 4.79 Å². The van der Waals surface area contributed by atoms with Gasteiger partial charge in [0.1, 0.15) is 0 Å². The third-order valence-electron chi connectivity index (χ3n) is 2.37. The number of nitrogens with one attached hydrogen (secondary N) is 2. The number of rotatable bonds is 3. The average molecular weight is 185 g/mol. The van der Waals surface area contributed by atoms with Gasteiger partial charge < -0.3 is 16.4 Å². The molecule has 0 radical (unpaired) electrons. The molecule has 1 amide bonds. The third kappa shape index (κ3) is 3.32. The molecule has 0 aromatic carbocycles. The minimum Gasteiger partial charge on any atom is -0.355 e. The Morgan fingerprint density at radius 2 is 2.46 bits per heavy atom. The predicted octanol–water partition coefficient (Wildman–Crippen LogP) is -0.408. The van der Waals surface area contributed by atoms with Crippen molar-refractivity contribution in [2.45, 2.75) is 38.3 Å². The van der Waals surface area contributed by atoms with Crippen LogP contribution < -0.4 is 16.4 Å². The normalized spacial score (nSPS) is 26.3. The third-order valence-corrected chi connectivity index (χ3v) is 2.37. The van der Waals surface area contributed by atoms with E-state index in [-0.39, 0.29) is 18.0 Å². The molecule has 1 fully saturated rings. The van der Waals surface area contributed by atoms with Crippen LogP contribution in [0.5, 0.6) is 0 Å². The molecule has 4 heteroatoms. The summed E-state index contributed by atoms with van der Waals surface area (Å²) in [4.78, 5) is 11.5. The molecule has 2 atom stereocenters. The van der Waals surface area contributed by atoms with Crippen molar-refractivity contribution < 1.29 is 4.79 Å². The molecule has 0 aromatic rings. The molecule has 13 heavy (non-hydrogen) atoms. The maximum absolute atomic E-state index is 11.5. The van der Waals surface area contributed by atoms with Crippen LogP contribution in [-0.2, 0) is 4.79 Å². The highest BCUT2D eigenvalue weighted by Crippen LogP contribution is 2.05. The molecule has 0 bridgehead atoms. The fourth-order valence-electron chi connectivity index (χ4n) is 1.51. The average Bonchev–Trinajstić information content (AvgIpc) is 2.32. The number of carbonyl (C=O) groups is 1. The minimum atomic E-state index is -0.0407. The SMILES string of the molecule is CC(CN)NC1CCCCNC1=O. The summed E-state index contributed by atoms with van der Waals surface area (Å²) in [7, 11) is 0. The predicted molar refractivity (Wildman–Crippen MR) is 52.3 cm³/mol. The first-order valence-electron chi connectivity index (χ1n) is 4.98. The summed E-state index contributed by atoms with van der Waals surface area (Å²) < 4.78 is 0. The summed E-state index contributed by atoms with van der Waals surface area (Å²) in [6.07, 6.45) is 3.12. The lowest BCUT2D eigenvalue weighted by atomic mass is 10.1. The second-order valence-corrected chi connectivity index (χ2v) is 3.64. The molecule has 1 heterocycles. The first-order valence-corrected chi connectivity index (χ1v) is 4.98. The Morgan fingerprint density at radius 1 is 1.69 bits per heavy atom. The zero-order chi connectivity index (χ0) is 9.68. The molecule has 1 rings (SSSR count). The molecule has 1 saturated heterocycles. The molecule has 0 spiro atoms. The molecule has 0 aromatic heterocycles. The first kappa shape index (κ1) is 10.5. The van der Waals surface area contributed by atoms with E-state index in [0.717, 1.165) is 25.8 Å². The van der Waals surface area contributed by atoms with Crippen LogP contribution in [-0.4, -0.2) is 31.1 Å². The minimum absolute atomic E-state index is 0.0407. The first-order chi connectivity index (χ1) is 6.24. The maximum atomic E-state index is 11.5. The second-order valence-electron chi connectivity index (χ2n) is 3.64. The van der Waals surface area contributed by atoms with Gasteiger partial charge in [-0.1, -0.05) is 0 Å². The van der Waals surface area contributed by atoms with Crippen LogP contribution in [0.15, 0.2) is 0 Å². The zero-order valence-corrected chi connectivity index (χ0v) is 8.18. The molecule has 1 aliphatic heterocycles. The van der Waals surface area contributed by atoms with Gasteiger partial charge in [0.05, 0.1) is 6.04 Å². The molecule has 76 valence electrons. The van der Waals surface area contributed by atoms with Crippen molar-refractivity contribution in [2.75, 3.05) is 13.1 Å². The van der Waals surface area contributed by atoms with Gasteiger partial charge in [-0.2, -0.15) is 0 Å². The van der Waals surface area contributed by atoms with Gasteiger partial charge in [0, 0.05) is 19.1 Å². The zero-order valence-electron chi connectivity index (χ0n) is 8.18. The molecular weight excluding hydrogens is 166 g/mol. The van der Waals surface area contributed by atoms with Crippen molar-refractivity contribution in [1.82, 2.24) is 10.6 Å². The molecule has 4 nitrogen and oxygen atoms in total. The van der Waals surface area contributed by atoms with Gasteiger partial charge in [0.15, 0.2) is 0 Å². The van der Waals surface area contributed by atoms with Crippen LogP contribution in [0, 0.1) is 0 Å². The van der Waals surface area contributed by atoms with E-state index in [0.29, 0.717) is 6.54 Å². The van der Waals surface area contributed by atoms with Crippen LogP contribution in [0.3, 0.4) is 0 Å². The molecule has 4 N–H and O–H groups in total. The molecule has 0 aliphatic carbocycles. The van der Waals surface area contributed by atoms with Gasteiger partial charge >= 0.3 is 0 Å². The van der Waals surface area contributed by atoms with Crippen LogP contribution >= 0.6 is 0 Å². The van der Waals surface area contributed by atoms with Gasteiger partial charge in [0.25, 0.3) is 0 Å². The second kappa shape index (κ2) is 5.19. The number of nitrogens with two attached hydrogens (primary N) is 1. The van der Waals surface area contributed by atoms with Crippen LogP contribution in [0.25, 0.3) is 0 Å². The highest BCUT2D eigenvalue weighted by molar-refractivity contribution is 5.81. The maximum Gasteiger partial charge on any atom is 0.237 e. The topological polar surface area (TPSA) is 67.2 Å². The fourth-order valence-corrected chi connectivity index (χ4v) is 1.51. The van der Waals surface area contributed by atoms with Crippen LogP contribution in [0.2, 0.25) is 0 Å². The summed E-state index contributed by atoms with van der Waals surface area (Å²) in [5.41, 5.74) is 5.48. The lowest BCUT2D eigenvalue weighted by Gasteiger charge is -2.19. The summed E-state index contributed by atoms with van der Waals surface area (Å²) in [5, 5.41) is 6.10. The Labute approximate surface area is 79.3 Å². The van der Waals surface area contributed by atoms with Gasteiger partial charge in [-0.15, -0.1) is 0 Å². The lowest BCUT2D eigenvalue weighted by molar-refractivity contribution is -0.123. The van der Waals surface area contributed by atoms with E-state index in [4.69, 9.17) is 5.73 Å². The number of hydrogen-bond donors (Lipinski definition) is 3. The number of carbonyl (C=O) groups excluding carboxylic acids is 1. The monoisotopic (exact) mass is 185 g/mol.